The Balaban J connectivity index is 1.54. The number of carbonyl (C=O) groups excluding carboxylic acids is 2. The Morgan fingerprint density at radius 2 is 1.80 bits per heavy atom. The van der Waals surface area contributed by atoms with Crippen molar-refractivity contribution in [2.45, 2.75) is 24.7 Å². The Morgan fingerprint density at radius 3 is 2.43 bits per heavy atom. The highest BCUT2D eigenvalue weighted by Crippen LogP contribution is 2.21. The number of sulfonamides is 1. The quantitative estimate of drug-likeness (QED) is 0.667. The van der Waals surface area contributed by atoms with Crippen LogP contribution in [0, 0.1) is 11.7 Å². The first-order chi connectivity index (χ1) is 14.3. The fourth-order valence-electron chi connectivity index (χ4n) is 3.31. The van der Waals surface area contributed by atoms with Crippen LogP contribution in [0.5, 0.6) is 0 Å². The largest absolute Gasteiger partial charge is 0.342 e. The monoisotopic (exact) mass is 433 g/mol. The van der Waals surface area contributed by atoms with Crippen LogP contribution in [0.1, 0.15) is 18.9 Å². The molecule has 0 aromatic heterocycles. The van der Waals surface area contributed by atoms with Crippen molar-refractivity contribution in [3.8, 4) is 0 Å². The number of nitrogens with zero attached hydrogens (tertiary/aromatic N) is 1. The molecule has 1 atom stereocenters. The number of likely N-dealkylation sites (tertiary alicyclic amines) is 1. The van der Waals surface area contributed by atoms with E-state index < -0.39 is 15.9 Å². The summed E-state index contributed by atoms with van der Waals surface area (Å²) in [5.41, 5.74) is 1.39. The summed E-state index contributed by atoms with van der Waals surface area (Å²) in [5, 5.41) is 2.74. The number of halogens is 1. The van der Waals surface area contributed by atoms with E-state index >= 15 is 0 Å². The lowest BCUT2D eigenvalue weighted by molar-refractivity contribution is -0.128. The molecule has 7 nitrogen and oxygen atoms in total. The third-order valence-corrected chi connectivity index (χ3v) is 6.50. The van der Waals surface area contributed by atoms with E-state index in [9.17, 15) is 22.4 Å². The molecule has 3 rings (SSSR count). The predicted octanol–water partition coefficient (Wildman–Crippen LogP) is 2.15. The molecular formula is C21H24FN3O4S. The molecule has 0 radical (unpaired) electrons. The summed E-state index contributed by atoms with van der Waals surface area (Å²) < 4.78 is 39.3. The van der Waals surface area contributed by atoms with Crippen LogP contribution in [0.15, 0.2) is 53.4 Å². The van der Waals surface area contributed by atoms with Crippen LogP contribution < -0.4 is 10.0 Å². The summed E-state index contributed by atoms with van der Waals surface area (Å²) >= 11 is 0. The molecule has 2 N–H and O–H groups in total. The van der Waals surface area contributed by atoms with Gasteiger partial charge in [0.2, 0.25) is 21.8 Å². The van der Waals surface area contributed by atoms with Gasteiger partial charge >= 0.3 is 0 Å². The Labute approximate surface area is 175 Å². The number of carbonyl (C=O) groups is 2. The minimum Gasteiger partial charge on any atom is -0.342 e. The highest BCUT2D eigenvalue weighted by Gasteiger charge is 2.34. The fraction of sp³-hybridized carbons (Fsp3) is 0.333. The van der Waals surface area contributed by atoms with E-state index in [1.54, 1.807) is 24.0 Å². The van der Waals surface area contributed by atoms with E-state index in [1.165, 1.54) is 36.4 Å². The van der Waals surface area contributed by atoms with Crippen molar-refractivity contribution in [1.82, 2.24) is 9.62 Å². The standard InChI is InChI=1S/C21H24FN3O4S/c1-2-23-30(28,29)19-9-7-18(8-10-19)24-21(27)16-13-20(26)25(14-16)12-11-15-3-5-17(22)6-4-15/h3-10,16,23H,2,11-14H2,1H3,(H,24,27)/t16-/m1/s1. The van der Waals surface area contributed by atoms with Gasteiger partial charge in [-0.1, -0.05) is 19.1 Å². The summed E-state index contributed by atoms with van der Waals surface area (Å²) in [4.78, 5) is 26.5. The zero-order valence-electron chi connectivity index (χ0n) is 16.6. The van der Waals surface area contributed by atoms with E-state index in [1.807, 2.05) is 0 Å². The zero-order chi connectivity index (χ0) is 21.7. The molecule has 9 heteroatoms. The molecule has 0 bridgehead atoms. The normalized spacial score (nSPS) is 16.7. The van der Waals surface area contributed by atoms with Gasteiger partial charge in [-0.15, -0.1) is 0 Å². The van der Waals surface area contributed by atoms with Gasteiger partial charge in [-0.2, -0.15) is 0 Å². The first kappa shape index (κ1) is 21.9. The van der Waals surface area contributed by atoms with Crippen molar-refractivity contribution in [2.75, 3.05) is 25.0 Å². The van der Waals surface area contributed by atoms with Gasteiger partial charge < -0.3 is 10.2 Å². The summed E-state index contributed by atoms with van der Waals surface area (Å²) in [5.74, 6) is -1.16. The molecule has 1 saturated heterocycles. The molecule has 1 aliphatic rings. The molecule has 1 aliphatic heterocycles. The molecule has 2 amide bonds. The summed E-state index contributed by atoms with van der Waals surface area (Å²) in [6, 6.07) is 12.0. The topological polar surface area (TPSA) is 95.6 Å². The number of rotatable bonds is 8. The molecule has 2 aromatic rings. The van der Waals surface area contributed by atoms with Crippen molar-refractivity contribution < 1.29 is 22.4 Å². The number of hydrogen-bond acceptors (Lipinski definition) is 4. The molecule has 0 spiro atoms. The van der Waals surface area contributed by atoms with Crippen LogP contribution >= 0.6 is 0 Å². The van der Waals surface area contributed by atoms with Gasteiger partial charge in [0, 0.05) is 31.7 Å². The minimum absolute atomic E-state index is 0.0932. The minimum atomic E-state index is -3.55. The van der Waals surface area contributed by atoms with E-state index in [-0.39, 0.29) is 35.5 Å². The maximum absolute atomic E-state index is 13.0. The van der Waals surface area contributed by atoms with Crippen LogP contribution in [-0.2, 0) is 26.0 Å². The van der Waals surface area contributed by atoms with Crippen molar-refractivity contribution in [1.29, 1.82) is 0 Å². The van der Waals surface area contributed by atoms with Gasteiger partial charge in [0.25, 0.3) is 0 Å². The second-order valence-corrected chi connectivity index (χ2v) is 8.90. The lowest BCUT2D eigenvalue weighted by Crippen LogP contribution is -2.30. The summed E-state index contributed by atoms with van der Waals surface area (Å²) in [6.07, 6.45) is 0.713. The van der Waals surface area contributed by atoms with Crippen LogP contribution in [-0.4, -0.2) is 44.8 Å². The molecule has 0 aliphatic carbocycles. The predicted molar refractivity (Wildman–Crippen MR) is 111 cm³/mol. The Morgan fingerprint density at radius 1 is 1.13 bits per heavy atom. The SMILES string of the molecule is CCNS(=O)(=O)c1ccc(NC(=O)[C@@H]2CC(=O)N(CCc3ccc(F)cc3)C2)cc1. The number of nitrogens with one attached hydrogen (secondary N) is 2. The average molecular weight is 434 g/mol. The number of anilines is 1. The van der Waals surface area contributed by atoms with E-state index in [4.69, 9.17) is 0 Å². The Hall–Kier alpha value is -2.78. The van der Waals surface area contributed by atoms with Gasteiger partial charge in [0.1, 0.15) is 5.82 Å². The van der Waals surface area contributed by atoms with Crippen molar-refractivity contribution >= 4 is 27.5 Å². The molecule has 30 heavy (non-hydrogen) atoms. The van der Waals surface area contributed by atoms with Gasteiger partial charge in [0.15, 0.2) is 0 Å². The average Bonchev–Trinajstić information content (AvgIpc) is 3.09. The summed E-state index contributed by atoms with van der Waals surface area (Å²) in [6.45, 7) is 2.76. The third kappa shape index (κ3) is 5.43. The van der Waals surface area contributed by atoms with Gasteiger partial charge in [-0.05, 0) is 48.4 Å². The van der Waals surface area contributed by atoms with Crippen LogP contribution in [0.2, 0.25) is 0 Å². The van der Waals surface area contributed by atoms with E-state index in [0.29, 0.717) is 25.2 Å². The second-order valence-electron chi connectivity index (χ2n) is 7.13. The Kier molecular flexibility index (Phi) is 6.84. The van der Waals surface area contributed by atoms with Gasteiger partial charge in [-0.3, -0.25) is 9.59 Å². The van der Waals surface area contributed by atoms with Crippen LogP contribution in [0.3, 0.4) is 0 Å². The maximum Gasteiger partial charge on any atom is 0.240 e. The zero-order valence-corrected chi connectivity index (χ0v) is 17.4. The number of benzene rings is 2. The van der Waals surface area contributed by atoms with Crippen molar-refractivity contribution in [2.24, 2.45) is 5.92 Å². The van der Waals surface area contributed by atoms with Gasteiger partial charge in [-0.25, -0.2) is 17.5 Å². The first-order valence-corrected chi connectivity index (χ1v) is 11.2. The van der Waals surface area contributed by atoms with Crippen LogP contribution in [0.25, 0.3) is 0 Å². The number of amides is 2. The third-order valence-electron chi connectivity index (χ3n) is 4.94. The molecule has 1 fully saturated rings. The van der Waals surface area contributed by atoms with Gasteiger partial charge in [0.05, 0.1) is 10.8 Å². The van der Waals surface area contributed by atoms with E-state index in [0.717, 1.165) is 5.56 Å². The van der Waals surface area contributed by atoms with Crippen molar-refractivity contribution in [3.05, 3.63) is 59.9 Å². The second kappa shape index (κ2) is 9.36. The maximum atomic E-state index is 13.0. The molecule has 160 valence electrons. The molecule has 0 saturated carbocycles. The Bertz CT molecular complexity index is 1010. The van der Waals surface area contributed by atoms with Crippen LogP contribution in [0.4, 0.5) is 10.1 Å². The lowest BCUT2D eigenvalue weighted by Gasteiger charge is -2.16. The smallest absolute Gasteiger partial charge is 0.240 e. The highest BCUT2D eigenvalue weighted by atomic mass is 32.2. The highest BCUT2D eigenvalue weighted by molar-refractivity contribution is 7.89. The first-order valence-electron chi connectivity index (χ1n) is 9.71. The number of hydrogen-bond donors (Lipinski definition) is 2. The molecule has 1 heterocycles. The molecule has 2 aromatic carbocycles. The summed E-state index contributed by atoms with van der Waals surface area (Å²) in [7, 11) is -3.55. The lowest BCUT2D eigenvalue weighted by atomic mass is 10.1. The fourth-order valence-corrected chi connectivity index (χ4v) is 4.36. The van der Waals surface area contributed by atoms with Crippen molar-refractivity contribution in [3.63, 3.8) is 0 Å². The molecular weight excluding hydrogens is 409 g/mol. The molecule has 0 unspecified atom stereocenters. The van der Waals surface area contributed by atoms with E-state index in [2.05, 4.69) is 10.0 Å².